The zero-order valence-corrected chi connectivity index (χ0v) is 17.4. The third-order valence-electron chi connectivity index (χ3n) is 3.43. The summed E-state index contributed by atoms with van der Waals surface area (Å²) in [5, 5.41) is 0. The topological polar surface area (TPSA) is 36.4 Å². The van der Waals surface area contributed by atoms with Gasteiger partial charge in [-0.2, -0.15) is 0 Å². The molecule has 7 heteroatoms. The molecule has 0 aliphatic rings. The van der Waals surface area contributed by atoms with Crippen molar-refractivity contribution in [3.63, 3.8) is 0 Å². The molecule has 0 saturated carbocycles. The van der Waals surface area contributed by atoms with Crippen LogP contribution >= 0.6 is 24.0 Å². The summed E-state index contributed by atoms with van der Waals surface area (Å²) >= 11 is 7.16. The number of thiocarbonyl (C=S) groups is 1. The van der Waals surface area contributed by atoms with E-state index in [-0.39, 0.29) is 20.4 Å². The van der Waals surface area contributed by atoms with Crippen molar-refractivity contribution in [1.29, 1.82) is 0 Å². The molecule has 0 spiro atoms. The number of thioether (sulfide) groups is 1. The second kappa shape index (κ2) is 9.37. The van der Waals surface area contributed by atoms with E-state index in [0.717, 1.165) is 39.2 Å². The van der Waals surface area contributed by atoms with Crippen LogP contribution in [0.1, 0.15) is 26.5 Å². The molecule has 0 aliphatic carbocycles. The van der Waals surface area contributed by atoms with E-state index in [4.69, 9.17) is 12.2 Å². The molecule has 4 nitrogen and oxygen atoms in total. The number of hydrogen-bond acceptors (Lipinski definition) is 4. The molecule has 0 atom stereocenters. The molecule has 0 saturated heterocycles. The predicted molar refractivity (Wildman–Crippen MR) is 107 cm³/mol. The van der Waals surface area contributed by atoms with Crippen molar-refractivity contribution < 1.29 is 4.79 Å². The number of anilines is 2. The van der Waals surface area contributed by atoms with Crippen molar-refractivity contribution in [3.05, 3.63) is 41.0 Å². The molecular formula is C17H21N3OS2Se. The molecule has 0 radical (unpaired) electrons. The molecule has 128 valence electrons. The van der Waals surface area contributed by atoms with Gasteiger partial charge in [0.05, 0.1) is 0 Å². The molecule has 1 aromatic carbocycles. The fourth-order valence-corrected chi connectivity index (χ4v) is 5.57. The zero-order chi connectivity index (χ0) is 17.5. The van der Waals surface area contributed by atoms with Crippen molar-refractivity contribution in [3.8, 4) is 0 Å². The third-order valence-corrected chi connectivity index (χ3v) is 6.82. The number of benzene rings is 1. The molecule has 24 heavy (non-hydrogen) atoms. The fraction of sp³-hybridized carbons (Fsp3) is 0.353. The molecule has 2 rings (SSSR count). The van der Waals surface area contributed by atoms with E-state index >= 15 is 0 Å². The Morgan fingerprint density at radius 1 is 1.25 bits per heavy atom. The Labute approximate surface area is 159 Å². The van der Waals surface area contributed by atoms with Crippen LogP contribution in [0.15, 0.2) is 35.3 Å². The summed E-state index contributed by atoms with van der Waals surface area (Å²) < 4.78 is 1.74. The summed E-state index contributed by atoms with van der Waals surface area (Å²) in [6, 6.07) is 9.67. The molecule has 0 fully saturated rings. The third kappa shape index (κ3) is 4.93. The van der Waals surface area contributed by atoms with Crippen molar-refractivity contribution in [1.82, 2.24) is 9.88 Å². The normalized spacial score (nSPS) is 10.5. The standard InChI is InChI=1S/C17H21N3OS2Se/c1-4-19(5-2)17(22)23-11-14-12-24-16(18-14)20(13(3)21)15-9-7-6-8-10-15/h6-10,12H,4-5,11H2,1-3H3. The summed E-state index contributed by atoms with van der Waals surface area (Å²) in [5.41, 5.74) is 1.87. The second-order valence-electron chi connectivity index (χ2n) is 5.04. The van der Waals surface area contributed by atoms with Gasteiger partial charge in [-0.25, -0.2) is 0 Å². The van der Waals surface area contributed by atoms with E-state index in [1.54, 1.807) is 23.6 Å². The van der Waals surface area contributed by atoms with Gasteiger partial charge in [-0.15, -0.1) is 0 Å². The number of carbonyl (C=O) groups excluding carboxylic acids is 1. The predicted octanol–water partition coefficient (Wildman–Crippen LogP) is 3.68. The number of amides is 1. The average molecular weight is 426 g/mol. The van der Waals surface area contributed by atoms with Crippen molar-refractivity contribution >= 4 is 59.1 Å². The number of para-hydroxylation sites is 1. The molecule has 0 bridgehead atoms. The van der Waals surface area contributed by atoms with Gasteiger partial charge in [-0.05, 0) is 0 Å². The summed E-state index contributed by atoms with van der Waals surface area (Å²) in [5.74, 6) is 0.740. The zero-order valence-electron chi connectivity index (χ0n) is 14.1. The van der Waals surface area contributed by atoms with Gasteiger partial charge in [0.25, 0.3) is 0 Å². The SMILES string of the molecule is CCN(CC)C(=S)SCc1c[se]c(N(C(C)=O)c2ccccc2)n1. The van der Waals surface area contributed by atoms with Crippen LogP contribution in [0.5, 0.6) is 0 Å². The Bertz CT molecular complexity index is 686. The first-order chi connectivity index (χ1) is 11.6. The molecule has 0 N–H and O–H groups in total. The summed E-state index contributed by atoms with van der Waals surface area (Å²) in [6.07, 6.45) is 0. The Balaban J connectivity index is 2.09. The van der Waals surface area contributed by atoms with E-state index in [1.807, 2.05) is 30.3 Å². The van der Waals surface area contributed by atoms with Crippen LogP contribution in [0.25, 0.3) is 0 Å². The van der Waals surface area contributed by atoms with Crippen LogP contribution in [-0.4, -0.2) is 47.7 Å². The molecule has 1 amide bonds. The number of aromatic nitrogens is 1. The molecular weight excluding hydrogens is 405 g/mol. The van der Waals surface area contributed by atoms with E-state index in [2.05, 4.69) is 28.7 Å². The van der Waals surface area contributed by atoms with Gasteiger partial charge >= 0.3 is 159 Å². The molecule has 0 unspecified atom stereocenters. The number of hydrogen-bond donors (Lipinski definition) is 0. The van der Waals surface area contributed by atoms with Crippen molar-refractivity contribution in [2.24, 2.45) is 0 Å². The maximum atomic E-state index is 12.1. The summed E-state index contributed by atoms with van der Waals surface area (Å²) in [6.45, 7) is 7.64. The average Bonchev–Trinajstić information content (AvgIpc) is 3.03. The van der Waals surface area contributed by atoms with Gasteiger partial charge in [0.2, 0.25) is 0 Å². The minimum atomic E-state index is -0.0113. The van der Waals surface area contributed by atoms with Gasteiger partial charge < -0.3 is 0 Å². The molecule has 1 aromatic heterocycles. The van der Waals surface area contributed by atoms with E-state index in [9.17, 15) is 4.79 Å². The number of rotatable bonds is 6. The van der Waals surface area contributed by atoms with Crippen molar-refractivity contribution in [2.45, 2.75) is 26.5 Å². The monoisotopic (exact) mass is 427 g/mol. The number of carbonyl (C=O) groups is 1. The van der Waals surface area contributed by atoms with Gasteiger partial charge in [0.1, 0.15) is 0 Å². The van der Waals surface area contributed by atoms with Crippen molar-refractivity contribution in [2.75, 3.05) is 18.0 Å². The van der Waals surface area contributed by atoms with Gasteiger partial charge in [-0.3, -0.25) is 0 Å². The Kier molecular flexibility index (Phi) is 7.49. The first kappa shape index (κ1) is 19.2. The molecule has 2 aromatic rings. The van der Waals surface area contributed by atoms with E-state index in [1.165, 1.54) is 0 Å². The van der Waals surface area contributed by atoms with Gasteiger partial charge in [-0.1, -0.05) is 0 Å². The van der Waals surface area contributed by atoms with Crippen LogP contribution in [-0.2, 0) is 10.5 Å². The Morgan fingerprint density at radius 2 is 1.92 bits per heavy atom. The van der Waals surface area contributed by atoms with Gasteiger partial charge in [0.15, 0.2) is 0 Å². The van der Waals surface area contributed by atoms with Crippen LogP contribution in [0.4, 0.5) is 10.4 Å². The molecule has 1 heterocycles. The first-order valence-corrected chi connectivity index (χ1v) is 11.0. The van der Waals surface area contributed by atoms with E-state index in [0.29, 0.717) is 0 Å². The van der Waals surface area contributed by atoms with Gasteiger partial charge in [0, 0.05) is 0 Å². The van der Waals surface area contributed by atoms with Crippen LogP contribution < -0.4 is 4.90 Å². The fourth-order valence-electron chi connectivity index (χ4n) is 2.18. The molecule has 0 aliphatic heterocycles. The quantitative estimate of drug-likeness (QED) is 0.520. The second-order valence-corrected chi connectivity index (χ2v) is 8.40. The Morgan fingerprint density at radius 3 is 2.50 bits per heavy atom. The minimum absolute atomic E-state index is 0.0113. The van der Waals surface area contributed by atoms with Crippen LogP contribution in [0, 0.1) is 0 Å². The Hall–Kier alpha value is -1.14. The first-order valence-electron chi connectivity index (χ1n) is 7.78. The summed E-state index contributed by atoms with van der Waals surface area (Å²) in [7, 11) is 0. The van der Waals surface area contributed by atoms with Crippen LogP contribution in [0.2, 0.25) is 0 Å². The maximum absolute atomic E-state index is 12.1. The number of nitrogens with zero attached hydrogens (tertiary/aromatic N) is 3. The van der Waals surface area contributed by atoms with Crippen LogP contribution in [0.3, 0.4) is 0 Å². The summed E-state index contributed by atoms with van der Waals surface area (Å²) in [4.78, 5) is 22.8. The van der Waals surface area contributed by atoms with E-state index < -0.39 is 0 Å².